The van der Waals surface area contributed by atoms with Crippen molar-refractivity contribution in [1.29, 1.82) is 0 Å². The third-order valence-corrected chi connectivity index (χ3v) is 12.6. The van der Waals surface area contributed by atoms with Gasteiger partial charge in [-0.2, -0.15) is 0 Å². The Morgan fingerprint density at radius 3 is 2.02 bits per heavy atom. The minimum absolute atomic E-state index is 0.00700. The third-order valence-electron chi connectivity index (χ3n) is 7.57. The molecule has 0 aliphatic carbocycles. The topological polar surface area (TPSA) is 60.4 Å². The van der Waals surface area contributed by atoms with Gasteiger partial charge in [0, 0.05) is 30.6 Å². The monoisotopic (exact) mass is 590 g/mol. The Kier molecular flexibility index (Phi) is 10.0. The van der Waals surface area contributed by atoms with Crippen LogP contribution in [0.3, 0.4) is 0 Å². The Morgan fingerprint density at radius 2 is 1.55 bits per heavy atom. The summed E-state index contributed by atoms with van der Waals surface area (Å²) in [5.41, 5.74) is 2.15. The zero-order valence-electron chi connectivity index (χ0n) is 25.8. The summed E-state index contributed by atoms with van der Waals surface area (Å²) in [5, 5.41) is 6.06. The van der Waals surface area contributed by atoms with Crippen molar-refractivity contribution in [2.24, 2.45) is 5.16 Å². The highest BCUT2D eigenvalue weighted by atomic mass is 28.4. The second-order valence-corrected chi connectivity index (χ2v) is 16.6. The molecule has 0 aromatic heterocycles. The fourth-order valence-corrected chi connectivity index (χ4v) is 10.5. The van der Waals surface area contributed by atoms with Gasteiger partial charge in [0.1, 0.15) is 6.29 Å². The van der Waals surface area contributed by atoms with E-state index in [1.807, 2.05) is 61.2 Å². The number of aldehydes is 1. The van der Waals surface area contributed by atoms with Crippen LogP contribution < -0.4 is 20.1 Å². The standard InChI is InChI=1S/C34H43FN2O4Si/c1-24(2)36-41-33-27(18-19-38)20-28(32(31(33)35)37-21-25(3)40-26(4)22-37)23-39-42(34(5,6)7,29-14-10-8-11-15-29)30-16-12-9-13-17-30/h8-17,19-20,25-26H,18,21-23H2,1-7H3/t25-,26+. The lowest BCUT2D eigenvalue weighted by atomic mass is 10.0. The maximum absolute atomic E-state index is 16.7. The molecule has 2 atom stereocenters. The Hall–Kier alpha value is -3.33. The maximum atomic E-state index is 16.7. The molecule has 4 rings (SSSR count). The van der Waals surface area contributed by atoms with Gasteiger partial charge in [0.25, 0.3) is 8.32 Å². The van der Waals surface area contributed by atoms with E-state index in [9.17, 15) is 4.79 Å². The Morgan fingerprint density at radius 1 is 1.00 bits per heavy atom. The highest BCUT2D eigenvalue weighted by molar-refractivity contribution is 6.99. The number of halogens is 1. The molecule has 0 amide bonds. The molecule has 0 unspecified atom stereocenters. The van der Waals surface area contributed by atoms with Crippen LogP contribution >= 0.6 is 0 Å². The van der Waals surface area contributed by atoms with Gasteiger partial charge in [-0.3, -0.25) is 0 Å². The van der Waals surface area contributed by atoms with Gasteiger partial charge in [-0.25, -0.2) is 4.39 Å². The van der Waals surface area contributed by atoms with Gasteiger partial charge in [0.05, 0.1) is 30.2 Å². The van der Waals surface area contributed by atoms with Crippen molar-refractivity contribution in [3.05, 3.63) is 83.7 Å². The molecule has 6 nitrogen and oxygen atoms in total. The smallest absolute Gasteiger partial charge is 0.261 e. The van der Waals surface area contributed by atoms with Crippen LogP contribution in [-0.4, -0.2) is 45.6 Å². The SMILES string of the molecule is CC(C)=NOc1c(CC=O)cc(CO[Si](c2ccccc2)(c2ccccc2)C(C)(C)C)c(N2C[C@@H](C)O[C@@H](C)C2)c1F. The predicted molar refractivity (Wildman–Crippen MR) is 170 cm³/mol. The number of carbonyl (C=O) groups excluding carboxylic acids is 1. The molecule has 0 saturated carbocycles. The molecule has 0 bridgehead atoms. The van der Waals surface area contributed by atoms with E-state index in [0.717, 1.165) is 16.7 Å². The van der Waals surface area contributed by atoms with Gasteiger partial charge < -0.3 is 23.7 Å². The molecule has 8 heteroatoms. The normalized spacial score (nSPS) is 17.6. The molecule has 1 aliphatic rings. The average Bonchev–Trinajstić information content (AvgIpc) is 2.93. The first-order valence-electron chi connectivity index (χ1n) is 14.6. The second-order valence-electron chi connectivity index (χ2n) is 12.3. The van der Waals surface area contributed by atoms with Crippen LogP contribution in [0.15, 0.2) is 71.9 Å². The highest BCUT2D eigenvalue weighted by Crippen LogP contribution is 2.41. The van der Waals surface area contributed by atoms with Gasteiger partial charge >= 0.3 is 0 Å². The van der Waals surface area contributed by atoms with Crippen LogP contribution in [0.5, 0.6) is 5.75 Å². The Balaban J connectivity index is 1.91. The zero-order valence-corrected chi connectivity index (χ0v) is 26.8. The lowest BCUT2D eigenvalue weighted by molar-refractivity contribution is -0.107. The summed E-state index contributed by atoms with van der Waals surface area (Å²) in [4.78, 5) is 19.3. The number of hydrogen-bond acceptors (Lipinski definition) is 6. The molecular weight excluding hydrogens is 547 g/mol. The van der Waals surface area contributed by atoms with Crippen molar-refractivity contribution in [3.8, 4) is 5.75 Å². The molecule has 0 radical (unpaired) electrons. The molecule has 1 fully saturated rings. The van der Waals surface area contributed by atoms with Crippen LogP contribution in [0.25, 0.3) is 0 Å². The fraction of sp³-hybridized carbons (Fsp3) is 0.412. The van der Waals surface area contributed by atoms with Gasteiger partial charge in [0.2, 0.25) is 0 Å². The third kappa shape index (κ3) is 6.66. The van der Waals surface area contributed by atoms with Crippen molar-refractivity contribution in [3.63, 3.8) is 0 Å². The molecule has 1 aliphatic heterocycles. The summed E-state index contributed by atoms with van der Waals surface area (Å²) < 4.78 is 29.9. The fourth-order valence-electron chi connectivity index (χ4n) is 5.97. The first kappa shape index (κ1) is 31.6. The Labute approximate surface area is 250 Å². The first-order valence-corrected chi connectivity index (χ1v) is 16.5. The number of benzene rings is 3. The van der Waals surface area contributed by atoms with Crippen LogP contribution in [0.4, 0.5) is 10.1 Å². The average molecular weight is 591 g/mol. The molecule has 1 heterocycles. The summed E-state index contributed by atoms with van der Waals surface area (Å²) in [7, 11) is -2.92. The number of ether oxygens (including phenoxy) is 1. The minimum atomic E-state index is -2.92. The van der Waals surface area contributed by atoms with Gasteiger partial charge in [-0.15, -0.1) is 0 Å². The minimum Gasteiger partial charge on any atom is -0.403 e. The maximum Gasteiger partial charge on any atom is 0.261 e. The number of rotatable bonds is 10. The first-order chi connectivity index (χ1) is 20.0. The summed E-state index contributed by atoms with van der Waals surface area (Å²) in [5.74, 6) is -0.569. The van der Waals surface area contributed by atoms with E-state index >= 15 is 4.39 Å². The molecule has 42 heavy (non-hydrogen) atoms. The van der Waals surface area contributed by atoms with Crippen molar-refractivity contribution < 1.29 is 23.2 Å². The zero-order chi connectivity index (χ0) is 30.5. The summed E-state index contributed by atoms with van der Waals surface area (Å²) >= 11 is 0. The lowest BCUT2D eigenvalue weighted by Crippen LogP contribution is -2.66. The molecule has 3 aromatic rings. The van der Waals surface area contributed by atoms with Crippen molar-refractivity contribution in [2.45, 2.75) is 78.7 Å². The number of anilines is 1. The van der Waals surface area contributed by atoms with Crippen LogP contribution in [0.2, 0.25) is 5.04 Å². The van der Waals surface area contributed by atoms with E-state index in [1.165, 1.54) is 0 Å². The number of morpholine rings is 1. The quantitative estimate of drug-likeness (QED) is 0.125. The molecular formula is C34H43FN2O4Si. The van der Waals surface area contributed by atoms with E-state index in [-0.39, 0.29) is 36.0 Å². The van der Waals surface area contributed by atoms with Gasteiger partial charge in [-0.05, 0) is 49.2 Å². The molecule has 1 saturated heterocycles. The number of carbonyl (C=O) groups is 1. The van der Waals surface area contributed by atoms with Crippen molar-refractivity contribution >= 4 is 36.4 Å². The van der Waals surface area contributed by atoms with Gasteiger partial charge in [0.15, 0.2) is 11.6 Å². The van der Waals surface area contributed by atoms with E-state index < -0.39 is 14.1 Å². The summed E-state index contributed by atoms with van der Waals surface area (Å²) in [6.45, 7) is 15.3. The van der Waals surface area contributed by atoms with E-state index in [2.05, 4.69) is 50.2 Å². The van der Waals surface area contributed by atoms with Crippen molar-refractivity contribution in [1.82, 2.24) is 0 Å². The number of oxime groups is 1. The molecule has 0 N–H and O–H groups in total. The van der Waals surface area contributed by atoms with E-state index in [1.54, 1.807) is 13.8 Å². The lowest BCUT2D eigenvalue weighted by Gasteiger charge is -2.43. The highest BCUT2D eigenvalue weighted by Gasteiger charge is 2.50. The van der Waals surface area contributed by atoms with Crippen molar-refractivity contribution in [2.75, 3.05) is 18.0 Å². The van der Waals surface area contributed by atoms with Crippen LogP contribution in [0, 0.1) is 5.82 Å². The largest absolute Gasteiger partial charge is 0.403 e. The van der Waals surface area contributed by atoms with E-state index in [0.29, 0.717) is 35.6 Å². The summed E-state index contributed by atoms with van der Waals surface area (Å²) in [6, 6.07) is 22.6. The molecule has 3 aromatic carbocycles. The molecule has 224 valence electrons. The van der Waals surface area contributed by atoms with Crippen LogP contribution in [0.1, 0.15) is 59.6 Å². The number of nitrogens with zero attached hydrogens (tertiary/aromatic N) is 2. The molecule has 0 spiro atoms. The Bertz CT molecular complexity index is 1340. The second kappa shape index (κ2) is 13.3. The number of hydrogen-bond donors (Lipinski definition) is 0. The van der Waals surface area contributed by atoms with Crippen LogP contribution in [-0.2, 0) is 27.0 Å². The van der Waals surface area contributed by atoms with Gasteiger partial charge in [-0.1, -0.05) is 86.6 Å². The summed E-state index contributed by atoms with van der Waals surface area (Å²) in [6.07, 6.45) is 0.574. The predicted octanol–water partition coefficient (Wildman–Crippen LogP) is 6.03. The van der Waals surface area contributed by atoms with E-state index in [4.69, 9.17) is 14.0 Å².